The van der Waals surface area contributed by atoms with Crippen molar-refractivity contribution in [2.24, 2.45) is 11.7 Å². The number of nitrogens with zero attached hydrogens (tertiary/aromatic N) is 4. The van der Waals surface area contributed by atoms with Crippen molar-refractivity contribution in [3.05, 3.63) is 22.5 Å². The standard InChI is InChI=1S/C12H17N7O/c13-6-8-2-1-5-19(7-8)12-14-11(17-18-12)9-3-4-10(20)16-15-9/h3-4,8H,1-2,5-7,13H2,(H,16,20)(H,14,17,18). The largest absolute Gasteiger partial charge is 0.339 e. The third-order valence-corrected chi connectivity index (χ3v) is 3.53. The van der Waals surface area contributed by atoms with Crippen LogP contribution in [0.15, 0.2) is 16.9 Å². The fourth-order valence-corrected chi connectivity index (χ4v) is 2.42. The molecule has 0 radical (unpaired) electrons. The van der Waals surface area contributed by atoms with E-state index in [-0.39, 0.29) is 5.56 Å². The van der Waals surface area contributed by atoms with Gasteiger partial charge in [0.1, 0.15) is 5.69 Å². The van der Waals surface area contributed by atoms with Gasteiger partial charge in [0, 0.05) is 19.2 Å². The molecule has 3 heterocycles. The van der Waals surface area contributed by atoms with E-state index in [4.69, 9.17) is 5.73 Å². The average molecular weight is 275 g/mol. The number of nitrogens with two attached hydrogens (primary N) is 1. The second-order valence-electron chi connectivity index (χ2n) is 4.98. The summed E-state index contributed by atoms with van der Waals surface area (Å²) in [6, 6.07) is 3.03. The van der Waals surface area contributed by atoms with Crippen molar-refractivity contribution < 1.29 is 0 Å². The molecule has 106 valence electrons. The number of nitrogens with one attached hydrogen (secondary N) is 2. The highest BCUT2D eigenvalue weighted by Gasteiger charge is 2.22. The highest BCUT2D eigenvalue weighted by atomic mass is 16.1. The minimum absolute atomic E-state index is 0.240. The minimum Gasteiger partial charge on any atom is -0.339 e. The number of hydrogen-bond acceptors (Lipinski definition) is 6. The third-order valence-electron chi connectivity index (χ3n) is 3.53. The molecule has 8 nitrogen and oxygen atoms in total. The maximum atomic E-state index is 11.0. The van der Waals surface area contributed by atoms with Gasteiger partial charge in [0.25, 0.3) is 5.56 Å². The van der Waals surface area contributed by atoms with E-state index in [1.54, 1.807) is 6.07 Å². The number of anilines is 1. The van der Waals surface area contributed by atoms with Crippen LogP contribution in [0.5, 0.6) is 0 Å². The molecule has 3 rings (SSSR count). The van der Waals surface area contributed by atoms with Crippen molar-refractivity contribution in [1.29, 1.82) is 0 Å². The summed E-state index contributed by atoms with van der Waals surface area (Å²) < 4.78 is 0. The van der Waals surface area contributed by atoms with Gasteiger partial charge in [-0.1, -0.05) is 0 Å². The fourth-order valence-electron chi connectivity index (χ4n) is 2.42. The Labute approximate surface area is 115 Å². The molecular weight excluding hydrogens is 258 g/mol. The fraction of sp³-hybridized carbons (Fsp3) is 0.500. The molecule has 0 bridgehead atoms. The van der Waals surface area contributed by atoms with Crippen molar-refractivity contribution >= 4 is 5.95 Å². The first-order valence-corrected chi connectivity index (χ1v) is 6.70. The highest BCUT2D eigenvalue weighted by molar-refractivity contribution is 5.50. The monoisotopic (exact) mass is 275 g/mol. The molecule has 1 aliphatic rings. The molecule has 8 heteroatoms. The summed E-state index contributed by atoms with van der Waals surface area (Å²) in [4.78, 5) is 17.6. The third kappa shape index (κ3) is 2.55. The van der Waals surface area contributed by atoms with Gasteiger partial charge >= 0.3 is 0 Å². The summed E-state index contributed by atoms with van der Waals surface area (Å²) in [7, 11) is 0. The first kappa shape index (κ1) is 12.8. The van der Waals surface area contributed by atoms with Crippen molar-refractivity contribution in [2.75, 3.05) is 24.5 Å². The molecule has 2 aromatic rings. The van der Waals surface area contributed by atoms with Crippen LogP contribution in [-0.4, -0.2) is 45.0 Å². The summed E-state index contributed by atoms with van der Waals surface area (Å²) in [5.41, 5.74) is 6.06. The Morgan fingerprint density at radius 2 is 2.25 bits per heavy atom. The van der Waals surface area contributed by atoms with E-state index in [0.717, 1.165) is 25.9 Å². The SMILES string of the molecule is NCC1CCCN(c2n[nH]c(-c3ccc(=O)[nH]n3)n2)C1. The molecule has 0 aliphatic carbocycles. The molecule has 0 spiro atoms. The second-order valence-corrected chi connectivity index (χ2v) is 4.98. The molecule has 1 saturated heterocycles. The average Bonchev–Trinajstić information content (AvgIpc) is 2.98. The first-order valence-electron chi connectivity index (χ1n) is 6.70. The molecule has 1 aliphatic heterocycles. The van der Waals surface area contributed by atoms with Crippen molar-refractivity contribution in [3.8, 4) is 11.5 Å². The number of hydrogen-bond donors (Lipinski definition) is 3. The van der Waals surface area contributed by atoms with Crippen LogP contribution in [0.2, 0.25) is 0 Å². The van der Waals surface area contributed by atoms with Gasteiger partial charge in [0.2, 0.25) is 5.95 Å². The number of H-pyrrole nitrogens is 2. The molecule has 1 unspecified atom stereocenters. The second kappa shape index (κ2) is 5.41. The molecule has 4 N–H and O–H groups in total. The van der Waals surface area contributed by atoms with Crippen LogP contribution in [0.1, 0.15) is 12.8 Å². The number of rotatable bonds is 3. The van der Waals surface area contributed by atoms with Gasteiger partial charge in [-0.15, -0.1) is 5.10 Å². The van der Waals surface area contributed by atoms with E-state index in [9.17, 15) is 4.79 Å². The predicted octanol–water partition coefficient (Wildman–Crippen LogP) is -0.270. The molecular formula is C12H17N7O. The van der Waals surface area contributed by atoms with Crippen LogP contribution >= 0.6 is 0 Å². The highest BCUT2D eigenvalue weighted by Crippen LogP contribution is 2.21. The molecule has 1 atom stereocenters. The van der Waals surface area contributed by atoms with Crippen LogP contribution in [-0.2, 0) is 0 Å². The van der Waals surface area contributed by atoms with Crippen LogP contribution in [0.4, 0.5) is 5.95 Å². The molecule has 0 saturated carbocycles. The zero-order valence-electron chi connectivity index (χ0n) is 11.0. The smallest absolute Gasteiger partial charge is 0.264 e. The quantitative estimate of drug-likeness (QED) is 0.710. The summed E-state index contributed by atoms with van der Waals surface area (Å²) in [6.45, 7) is 2.51. The number of piperidine rings is 1. The van der Waals surface area contributed by atoms with E-state index in [0.29, 0.717) is 29.9 Å². The summed E-state index contributed by atoms with van der Waals surface area (Å²) in [5.74, 6) is 1.70. The van der Waals surface area contributed by atoms with E-state index in [1.165, 1.54) is 6.07 Å². The van der Waals surface area contributed by atoms with Crippen molar-refractivity contribution in [3.63, 3.8) is 0 Å². The molecule has 2 aromatic heterocycles. The van der Waals surface area contributed by atoms with Crippen LogP contribution in [0, 0.1) is 5.92 Å². The maximum absolute atomic E-state index is 11.0. The van der Waals surface area contributed by atoms with Gasteiger partial charge in [-0.3, -0.25) is 9.89 Å². The minimum atomic E-state index is -0.240. The van der Waals surface area contributed by atoms with Gasteiger partial charge in [-0.05, 0) is 31.4 Å². The molecule has 0 aromatic carbocycles. The Morgan fingerprint density at radius 3 is 3.00 bits per heavy atom. The Bertz CT molecular complexity index is 614. The van der Waals surface area contributed by atoms with Crippen molar-refractivity contribution in [1.82, 2.24) is 25.4 Å². The van der Waals surface area contributed by atoms with Gasteiger partial charge in [-0.2, -0.15) is 10.1 Å². The normalized spacial score (nSPS) is 19.2. The lowest BCUT2D eigenvalue weighted by atomic mass is 9.99. The topological polar surface area (TPSA) is 117 Å². The van der Waals surface area contributed by atoms with Gasteiger partial charge in [0.05, 0.1) is 0 Å². The summed E-state index contributed by atoms with van der Waals surface area (Å²) >= 11 is 0. The summed E-state index contributed by atoms with van der Waals surface area (Å²) in [5, 5.41) is 13.4. The Kier molecular flexibility index (Phi) is 3.46. The Morgan fingerprint density at radius 1 is 1.35 bits per heavy atom. The lowest BCUT2D eigenvalue weighted by molar-refractivity contribution is 0.420. The molecule has 20 heavy (non-hydrogen) atoms. The van der Waals surface area contributed by atoms with Crippen LogP contribution < -0.4 is 16.2 Å². The first-order chi connectivity index (χ1) is 9.76. The van der Waals surface area contributed by atoms with E-state index in [2.05, 4.69) is 30.3 Å². The lowest BCUT2D eigenvalue weighted by Gasteiger charge is -2.31. The Balaban J connectivity index is 1.79. The lowest BCUT2D eigenvalue weighted by Crippen LogP contribution is -2.38. The van der Waals surface area contributed by atoms with Crippen LogP contribution in [0.3, 0.4) is 0 Å². The maximum Gasteiger partial charge on any atom is 0.264 e. The summed E-state index contributed by atoms with van der Waals surface area (Å²) in [6.07, 6.45) is 2.26. The van der Waals surface area contributed by atoms with Gasteiger partial charge in [-0.25, -0.2) is 5.10 Å². The Hall–Kier alpha value is -2.22. The zero-order valence-corrected chi connectivity index (χ0v) is 11.0. The van der Waals surface area contributed by atoms with Crippen molar-refractivity contribution in [2.45, 2.75) is 12.8 Å². The van der Waals surface area contributed by atoms with E-state index < -0.39 is 0 Å². The van der Waals surface area contributed by atoms with Gasteiger partial charge in [0.15, 0.2) is 5.82 Å². The zero-order chi connectivity index (χ0) is 13.9. The van der Waals surface area contributed by atoms with Gasteiger partial charge < -0.3 is 10.6 Å². The molecule has 1 fully saturated rings. The number of aromatic amines is 2. The van der Waals surface area contributed by atoms with E-state index >= 15 is 0 Å². The van der Waals surface area contributed by atoms with Crippen LogP contribution in [0.25, 0.3) is 11.5 Å². The number of aromatic nitrogens is 5. The van der Waals surface area contributed by atoms with E-state index in [1.807, 2.05) is 0 Å². The molecule has 0 amide bonds. The predicted molar refractivity (Wildman–Crippen MR) is 74.2 cm³/mol.